The lowest BCUT2D eigenvalue weighted by Gasteiger charge is -2.41. The number of primary amides is 1. The molecule has 2 amide bonds. The molecule has 1 atom stereocenters. The number of nitrogens with two attached hydrogens (primary N) is 1. The van der Waals surface area contributed by atoms with Gasteiger partial charge in [-0.3, -0.25) is 9.59 Å². The van der Waals surface area contributed by atoms with E-state index in [0.717, 1.165) is 6.07 Å². The molecular weight excluding hydrogens is 319 g/mol. The number of carbonyl (C=O) groups excluding carboxylic acids is 2. The van der Waals surface area contributed by atoms with Gasteiger partial charge in [0.05, 0.1) is 38.9 Å². The van der Waals surface area contributed by atoms with Crippen LogP contribution in [0.3, 0.4) is 0 Å². The minimum Gasteiger partial charge on any atom is -0.496 e. The maximum atomic E-state index is 13.5. The Balaban J connectivity index is 2.26. The molecule has 0 aliphatic carbocycles. The molecule has 2 rings (SSSR count). The molecule has 7 nitrogen and oxygen atoms in total. The van der Waals surface area contributed by atoms with Crippen molar-refractivity contribution in [3.8, 4) is 5.75 Å². The molecule has 1 aliphatic rings. The zero-order chi connectivity index (χ0) is 17.7. The molecule has 0 radical (unpaired) electrons. The Kier molecular flexibility index (Phi) is 5.74. The number of benzene rings is 1. The Morgan fingerprint density at radius 2 is 2.17 bits per heavy atom. The third-order valence-corrected chi connectivity index (χ3v) is 3.83. The summed E-state index contributed by atoms with van der Waals surface area (Å²) in [7, 11) is 2.88. The highest BCUT2D eigenvalue weighted by Crippen LogP contribution is 2.26. The molecule has 1 fully saturated rings. The van der Waals surface area contributed by atoms with Crippen LogP contribution in [0.5, 0.6) is 5.75 Å². The highest BCUT2D eigenvalue weighted by atomic mass is 19.1. The average molecular weight is 340 g/mol. The minimum atomic E-state index is -1.00. The molecule has 0 spiro atoms. The van der Waals surface area contributed by atoms with E-state index in [4.69, 9.17) is 19.9 Å². The van der Waals surface area contributed by atoms with E-state index in [1.54, 1.807) is 0 Å². The van der Waals surface area contributed by atoms with Crippen LogP contribution < -0.4 is 10.5 Å². The van der Waals surface area contributed by atoms with Crippen LogP contribution in [0.1, 0.15) is 16.8 Å². The fourth-order valence-electron chi connectivity index (χ4n) is 2.86. The summed E-state index contributed by atoms with van der Waals surface area (Å²) < 4.78 is 29.5. The second-order valence-electron chi connectivity index (χ2n) is 5.68. The third-order valence-electron chi connectivity index (χ3n) is 3.83. The maximum Gasteiger partial charge on any atom is 0.257 e. The Morgan fingerprint density at radius 3 is 2.79 bits per heavy atom. The number of hydrogen-bond acceptors (Lipinski definition) is 5. The fraction of sp³-hybridized carbons (Fsp3) is 0.500. The summed E-state index contributed by atoms with van der Waals surface area (Å²) in [5.74, 6) is -1.21. The Morgan fingerprint density at radius 1 is 1.42 bits per heavy atom. The summed E-state index contributed by atoms with van der Waals surface area (Å²) in [6.07, 6.45) is -0.0785. The van der Waals surface area contributed by atoms with E-state index in [9.17, 15) is 14.0 Å². The van der Waals surface area contributed by atoms with Crippen molar-refractivity contribution in [2.45, 2.75) is 12.0 Å². The normalized spacial score (nSPS) is 20.7. The van der Waals surface area contributed by atoms with Crippen molar-refractivity contribution in [1.82, 2.24) is 4.90 Å². The number of amides is 2. The van der Waals surface area contributed by atoms with Gasteiger partial charge in [-0.15, -0.1) is 0 Å². The van der Waals surface area contributed by atoms with Crippen molar-refractivity contribution in [3.63, 3.8) is 0 Å². The Hall–Kier alpha value is -2.19. The van der Waals surface area contributed by atoms with Crippen LogP contribution >= 0.6 is 0 Å². The van der Waals surface area contributed by atoms with E-state index < -0.39 is 23.2 Å². The fourth-order valence-corrected chi connectivity index (χ4v) is 2.86. The van der Waals surface area contributed by atoms with Crippen molar-refractivity contribution in [1.29, 1.82) is 0 Å². The second-order valence-corrected chi connectivity index (χ2v) is 5.68. The van der Waals surface area contributed by atoms with E-state index in [1.165, 1.54) is 31.3 Å². The number of ether oxygens (including phenoxy) is 3. The van der Waals surface area contributed by atoms with Crippen LogP contribution in [0.15, 0.2) is 18.2 Å². The third kappa shape index (κ3) is 4.01. The van der Waals surface area contributed by atoms with Gasteiger partial charge >= 0.3 is 0 Å². The molecule has 24 heavy (non-hydrogen) atoms. The monoisotopic (exact) mass is 340 g/mol. The van der Waals surface area contributed by atoms with Gasteiger partial charge in [0.15, 0.2) is 0 Å². The molecular formula is C16H21FN2O5. The van der Waals surface area contributed by atoms with E-state index in [-0.39, 0.29) is 37.5 Å². The van der Waals surface area contributed by atoms with Gasteiger partial charge in [0.1, 0.15) is 17.2 Å². The van der Waals surface area contributed by atoms with Gasteiger partial charge in [-0.25, -0.2) is 4.39 Å². The van der Waals surface area contributed by atoms with E-state index in [2.05, 4.69) is 0 Å². The summed E-state index contributed by atoms with van der Waals surface area (Å²) in [6.45, 7) is 0.755. The number of methoxy groups -OCH3 is 2. The van der Waals surface area contributed by atoms with Crippen molar-refractivity contribution in [2.75, 3.05) is 40.5 Å². The Labute approximate surface area is 139 Å². The van der Waals surface area contributed by atoms with Gasteiger partial charge in [0.25, 0.3) is 5.91 Å². The molecule has 1 saturated heterocycles. The molecule has 1 heterocycles. The lowest BCUT2D eigenvalue weighted by Crippen LogP contribution is -2.57. The lowest BCUT2D eigenvalue weighted by atomic mass is 9.97. The SMILES string of the molecule is COCC1(CC(N)=O)CN(C(=O)c2cc(F)ccc2OC)CCO1. The van der Waals surface area contributed by atoms with Crippen LogP contribution in [0, 0.1) is 5.82 Å². The molecule has 1 unspecified atom stereocenters. The zero-order valence-corrected chi connectivity index (χ0v) is 13.7. The van der Waals surface area contributed by atoms with Crippen LogP contribution in [-0.2, 0) is 14.3 Å². The van der Waals surface area contributed by atoms with Gasteiger partial charge in [-0.2, -0.15) is 0 Å². The molecule has 1 aliphatic heterocycles. The summed E-state index contributed by atoms with van der Waals surface area (Å²) in [4.78, 5) is 25.6. The van der Waals surface area contributed by atoms with Crippen LogP contribution in [0.4, 0.5) is 4.39 Å². The first kappa shape index (κ1) is 18.2. The van der Waals surface area contributed by atoms with Gasteiger partial charge in [-0.1, -0.05) is 0 Å². The second kappa shape index (κ2) is 7.59. The van der Waals surface area contributed by atoms with E-state index >= 15 is 0 Å². The Bertz CT molecular complexity index is 620. The van der Waals surface area contributed by atoms with E-state index in [1.807, 2.05) is 0 Å². The first-order valence-corrected chi connectivity index (χ1v) is 7.45. The van der Waals surface area contributed by atoms with Crippen molar-refractivity contribution < 1.29 is 28.2 Å². The molecule has 1 aromatic rings. The number of morpholine rings is 1. The molecule has 1 aromatic carbocycles. The van der Waals surface area contributed by atoms with E-state index in [0.29, 0.717) is 6.54 Å². The number of carbonyl (C=O) groups is 2. The molecule has 0 saturated carbocycles. The lowest BCUT2D eigenvalue weighted by molar-refractivity contribution is -0.148. The van der Waals surface area contributed by atoms with Crippen LogP contribution in [0.25, 0.3) is 0 Å². The topological polar surface area (TPSA) is 91.1 Å². The first-order chi connectivity index (χ1) is 11.4. The van der Waals surface area contributed by atoms with Gasteiger partial charge in [0.2, 0.25) is 5.91 Å². The zero-order valence-electron chi connectivity index (χ0n) is 13.7. The first-order valence-electron chi connectivity index (χ1n) is 7.45. The quantitative estimate of drug-likeness (QED) is 0.817. The molecule has 2 N–H and O–H groups in total. The van der Waals surface area contributed by atoms with Crippen LogP contribution in [-0.4, -0.2) is 62.8 Å². The largest absolute Gasteiger partial charge is 0.496 e. The molecule has 8 heteroatoms. The van der Waals surface area contributed by atoms with Crippen molar-refractivity contribution in [2.24, 2.45) is 5.73 Å². The molecule has 0 bridgehead atoms. The van der Waals surface area contributed by atoms with Gasteiger partial charge < -0.3 is 24.8 Å². The van der Waals surface area contributed by atoms with Gasteiger partial charge in [0, 0.05) is 13.7 Å². The smallest absolute Gasteiger partial charge is 0.257 e. The number of nitrogens with zero attached hydrogens (tertiary/aromatic N) is 1. The van der Waals surface area contributed by atoms with Crippen molar-refractivity contribution >= 4 is 11.8 Å². The number of halogens is 1. The van der Waals surface area contributed by atoms with Crippen molar-refractivity contribution in [3.05, 3.63) is 29.6 Å². The highest BCUT2D eigenvalue weighted by Gasteiger charge is 2.40. The molecule has 0 aromatic heterocycles. The average Bonchev–Trinajstić information content (AvgIpc) is 2.53. The predicted octanol–water partition coefficient (Wildman–Crippen LogP) is 0.567. The summed E-state index contributed by atoms with van der Waals surface area (Å²) in [5.41, 5.74) is 4.40. The number of rotatable bonds is 6. The minimum absolute atomic E-state index is 0.0785. The standard InChI is InChI=1S/C16H21FN2O5/c1-22-10-16(8-14(18)20)9-19(5-6-24-16)15(21)12-7-11(17)3-4-13(12)23-2/h3-4,7H,5-6,8-10H2,1-2H3,(H2,18,20). The molecule has 132 valence electrons. The number of hydrogen-bond donors (Lipinski definition) is 1. The summed E-state index contributed by atoms with van der Waals surface area (Å²) >= 11 is 0. The highest BCUT2D eigenvalue weighted by molar-refractivity contribution is 5.97. The summed E-state index contributed by atoms with van der Waals surface area (Å²) in [6, 6.07) is 3.74. The maximum absolute atomic E-state index is 13.5. The predicted molar refractivity (Wildman–Crippen MR) is 83.2 cm³/mol. The summed E-state index contributed by atoms with van der Waals surface area (Å²) in [5, 5.41) is 0. The van der Waals surface area contributed by atoms with Gasteiger partial charge in [-0.05, 0) is 18.2 Å². The van der Waals surface area contributed by atoms with Crippen LogP contribution in [0.2, 0.25) is 0 Å².